The van der Waals surface area contributed by atoms with Gasteiger partial charge in [-0.25, -0.2) is 4.98 Å². The Kier molecular flexibility index (Phi) is 7.28. The Bertz CT molecular complexity index is 1360. The molecule has 0 radical (unpaired) electrons. The Hall–Kier alpha value is -4.42. The first kappa shape index (κ1) is 24.3. The molecule has 0 bridgehead atoms. The van der Waals surface area contributed by atoms with Crippen molar-refractivity contribution in [1.29, 1.82) is 0 Å². The van der Waals surface area contributed by atoms with Crippen molar-refractivity contribution in [1.82, 2.24) is 4.98 Å². The largest absolute Gasteiger partial charge is 0.497 e. The van der Waals surface area contributed by atoms with Crippen LogP contribution in [0.5, 0.6) is 11.5 Å². The summed E-state index contributed by atoms with van der Waals surface area (Å²) in [5, 5.41) is 3.64. The molecular formula is C31H26N2O3S. The highest BCUT2D eigenvalue weighted by atomic mass is 32.1. The molecule has 0 saturated carbocycles. The molecule has 0 saturated heterocycles. The van der Waals surface area contributed by atoms with Crippen molar-refractivity contribution in [3.05, 3.63) is 120 Å². The number of nitrogens with one attached hydrogen (secondary N) is 1. The number of rotatable bonds is 8. The molecule has 4 aromatic carbocycles. The maximum atomic E-state index is 13.7. The summed E-state index contributed by atoms with van der Waals surface area (Å²) in [4.78, 5) is 19.5. The second-order valence-corrected chi connectivity index (χ2v) is 9.40. The number of ether oxygens (including phenoxy) is 2. The molecule has 1 heterocycles. The number of hydrogen-bond acceptors (Lipinski definition) is 5. The van der Waals surface area contributed by atoms with E-state index in [9.17, 15) is 4.79 Å². The number of anilines is 1. The van der Waals surface area contributed by atoms with E-state index in [0.29, 0.717) is 5.13 Å². The highest BCUT2D eigenvalue weighted by molar-refractivity contribution is 7.19. The summed E-state index contributed by atoms with van der Waals surface area (Å²) < 4.78 is 10.7. The van der Waals surface area contributed by atoms with Gasteiger partial charge in [0.2, 0.25) is 5.91 Å². The quantitative estimate of drug-likeness (QED) is 0.241. The van der Waals surface area contributed by atoms with Crippen LogP contribution >= 0.6 is 11.3 Å². The molecule has 0 fully saturated rings. The minimum Gasteiger partial charge on any atom is -0.497 e. The van der Waals surface area contributed by atoms with Crippen molar-refractivity contribution in [3.8, 4) is 33.2 Å². The Morgan fingerprint density at radius 2 is 1.19 bits per heavy atom. The highest BCUT2D eigenvalue weighted by Gasteiger charge is 2.25. The second kappa shape index (κ2) is 11.1. The zero-order valence-corrected chi connectivity index (χ0v) is 21.4. The minimum atomic E-state index is -0.458. The van der Waals surface area contributed by atoms with Gasteiger partial charge in [-0.1, -0.05) is 72.0 Å². The van der Waals surface area contributed by atoms with Gasteiger partial charge in [0.15, 0.2) is 5.13 Å². The first-order valence-electron chi connectivity index (χ1n) is 11.9. The summed E-state index contributed by atoms with van der Waals surface area (Å²) in [5.41, 5.74) is 4.57. The smallest absolute Gasteiger partial charge is 0.238 e. The molecule has 0 aliphatic heterocycles. The van der Waals surface area contributed by atoms with Gasteiger partial charge in [0.05, 0.1) is 30.7 Å². The molecule has 1 amide bonds. The molecule has 0 atom stereocenters. The fourth-order valence-electron chi connectivity index (χ4n) is 4.22. The SMILES string of the molecule is COc1ccc(-c2nc(NC(=O)C(c3ccccc3)c3ccccc3)sc2-c2ccc(OC)cc2)cc1. The molecule has 0 aliphatic carbocycles. The predicted molar refractivity (Wildman–Crippen MR) is 149 cm³/mol. The lowest BCUT2D eigenvalue weighted by Gasteiger charge is -2.17. The monoisotopic (exact) mass is 506 g/mol. The van der Waals surface area contributed by atoms with E-state index in [-0.39, 0.29) is 5.91 Å². The van der Waals surface area contributed by atoms with Crippen LogP contribution in [0, 0.1) is 0 Å². The maximum Gasteiger partial charge on any atom is 0.238 e. The second-order valence-electron chi connectivity index (χ2n) is 8.40. The lowest BCUT2D eigenvalue weighted by Crippen LogP contribution is -2.22. The number of hydrogen-bond donors (Lipinski definition) is 1. The molecule has 6 heteroatoms. The summed E-state index contributed by atoms with van der Waals surface area (Å²) in [6.07, 6.45) is 0. The summed E-state index contributed by atoms with van der Waals surface area (Å²) in [7, 11) is 3.29. The van der Waals surface area contributed by atoms with Crippen LogP contribution in [0.15, 0.2) is 109 Å². The van der Waals surface area contributed by atoms with E-state index >= 15 is 0 Å². The standard InChI is InChI=1S/C31H26N2O3S/c1-35-25-17-13-23(14-18-25)28-29(24-15-19-26(36-2)20-16-24)37-31(32-28)33-30(34)27(21-9-5-3-6-10-21)22-11-7-4-8-12-22/h3-20,27H,1-2H3,(H,32,33,34). The number of carbonyl (C=O) groups excluding carboxylic acids is 1. The molecule has 5 aromatic rings. The van der Waals surface area contributed by atoms with Crippen LogP contribution in [-0.2, 0) is 4.79 Å². The van der Waals surface area contributed by atoms with Gasteiger partial charge in [0, 0.05) is 5.56 Å². The van der Waals surface area contributed by atoms with E-state index in [1.165, 1.54) is 11.3 Å². The van der Waals surface area contributed by atoms with E-state index in [2.05, 4.69) is 5.32 Å². The van der Waals surface area contributed by atoms with Gasteiger partial charge in [-0.05, 0) is 65.2 Å². The molecule has 0 spiro atoms. The molecule has 1 N–H and O–H groups in total. The van der Waals surface area contributed by atoms with Crippen LogP contribution in [-0.4, -0.2) is 25.1 Å². The van der Waals surface area contributed by atoms with Crippen LogP contribution in [0.1, 0.15) is 17.0 Å². The van der Waals surface area contributed by atoms with Crippen molar-refractivity contribution in [2.24, 2.45) is 0 Å². The summed E-state index contributed by atoms with van der Waals surface area (Å²) in [5.74, 6) is 0.960. The third kappa shape index (κ3) is 5.39. The number of nitrogens with zero attached hydrogens (tertiary/aromatic N) is 1. The summed E-state index contributed by atoms with van der Waals surface area (Å²) in [6.45, 7) is 0. The Morgan fingerprint density at radius 3 is 1.68 bits per heavy atom. The van der Waals surface area contributed by atoms with E-state index in [4.69, 9.17) is 14.5 Å². The Balaban J connectivity index is 1.53. The summed E-state index contributed by atoms with van der Waals surface area (Å²) in [6, 6.07) is 35.2. The maximum absolute atomic E-state index is 13.7. The van der Waals surface area contributed by atoms with Crippen LogP contribution in [0.25, 0.3) is 21.7 Å². The number of thiazole rings is 1. The van der Waals surface area contributed by atoms with Gasteiger partial charge in [0.25, 0.3) is 0 Å². The third-order valence-corrected chi connectivity index (χ3v) is 7.12. The average Bonchev–Trinajstić information content (AvgIpc) is 3.38. The zero-order chi connectivity index (χ0) is 25.6. The van der Waals surface area contributed by atoms with Crippen molar-refractivity contribution >= 4 is 22.4 Å². The average molecular weight is 507 g/mol. The van der Waals surface area contributed by atoms with E-state index < -0.39 is 5.92 Å². The first-order valence-corrected chi connectivity index (χ1v) is 12.7. The van der Waals surface area contributed by atoms with Gasteiger partial charge in [-0.3, -0.25) is 4.79 Å². The summed E-state index contributed by atoms with van der Waals surface area (Å²) >= 11 is 1.45. The van der Waals surface area contributed by atoms with Gasteiger partial charge < -0.3 is 14.8 Å². The van der Waals surface area contributed by atoms with Crippen molar-refractivity contribution in [2.45, 2.75) is 5.92 Å². The van der Waals surface area contributed by atoms with Gasteiger partial charge in [-0.15, -0.1) is 0 Å². The normalized spacial score (nSPS) is 10.8. The number of carbonyl (C=O) groups is 1. The van der Waals surface area contributed by atoms with E-state index in [0.717, 1.165) is 44.3 Å². The molecule has 5 rings (SSSR count). The number of benzene rings is 4. The molecule has 0 aliphatic rings. The van der Waals surface area contributed by atoms with E-state index in [1.807, 2.05) is 109 Å². The number of aromatic nitrogens is 1. The zero-order valence-electron chi connectivity index (χ0n) is 20.5. The van der Waals surface area contributed by atoms with Gasteiger partial charge in [0.1, 0.15) is 11.5 Å². The molecule has 37 heavy (non-hydrogen) atoms. The molecule has 0 unspecified atom stereocenters. The van der Waals surface area contributed by atoms with Crippen molar-refractivity contribution < 1.29 is 14.3 Å². The van der Waals surface area contributed by atoms with Gasteiger partial charge >= 0.3 is 0 Å². The van der Waals surface area contributed by atoms with Crippen LogP contribution in [0.4, 0.5) is 5.13 Å². The first-order chi connectivity index (χ1) is 18.2. The predicted octanol–water partition coefficient (Wildman–Crippen LogP) is 7.26. The molecular weight excluding hydrogens is 480 g/mol. The van der Waals surface area contributed by atoms with Crippen molar-refractivity contribution in [3.63, 3.8) is 0 Å². The topological polar surface area (TPSA) is 60.5 Å². The molecule has 5 nitrogen and oxygen atoms in total. The fourth-order valence-corrected chi connectivity index (χ4v) is 5.22. The molecule has 184 valence electrons. The lowest BCUT2D eigenvalue weighted by atomic mass is 9.90. The molecule has 1 aromatic heterocycles. The Labute approximate surface area is 220 Å². The van der Waals surface area contributed by atoms with Crippen LogP contribution in [0.2, 0.25) is 0 Å². The fraction of sp³-hybridized carbons (Fsp3) is 0.0968. The van der Waals surface area contributed by atoms with Crippen LogP contribution in [0.3, 0.4) is 0 Å². The van der Waals surface area contributed by atoms with Gasteiger partial charge in [-0.2, -0.15) is 0 Å². The number of methoxy groups -OCH3 is 2. The number of amides is 1. The third-order valence-electron chi connectivity index (χ3n) is 6.10. The van der Waals surface area contributed by atoms with Crippen LogP contribution < -0.4 is 14.8 Å². The van der Waals surface area contributed by atoms with Crippen molar-refractivity contribution in [2.75, 3.05) is 19.5 Å². The van der Waals surface area contributed by atoms with E-state index in [1.54, 1.807) is 14.2 Å². The lowest BCUT2D eigenvalue weighted by molar-refractivity contribution is -0.116. The highest BCUT2D eigenvalue weighted by Crippen LogP contribution is 2.40. The Morgan fingerprint density at radius 1 is 0.703 bits per heavy atom. The minimum absolute atomic E-state index is 0.131.